The van der Waals surface area contributed by atoms with Gasteiger partial charge in [-0.3, -0.25) is 0 Å². The monoisotopic (exact) mass is 153 g/mol. The predicted octanol–water partition coefficient (Wildman–Crippen LogP) is 2.84. The first-order chi connectivity index (χ1) is 5.02. The van der Waals surface area contributed by atoms with Gasteiger partial charge in [0.05, 0.1) is 0 Å². The molecule has 0 radical (unpaired) electrons. The summed E-state index contributed by atoms with van der Waals surface area (Å²) >= 11 is 0. The minimum atomic E-state index is 0.214. The van der Waals surface area contributed by atoms with Gasteiger partial charge in [-0.2, -0.15) is 0 Å². The van der Waals surface area contributed by atoms with Crippen molar-refractivity contribution in [1.82, 2.24) is 0 Å². The van der Waals surface area contributed by atoms with Gasteiger partial charge in [-0.15, -0.1) is 0 Å². The van der Waals surface area contributed by atoms with Crippen molar-refractivity contribution in [3.8, 4) is 0 Å². The highest BCUT2D eigenvalue weighted by Gasteiger charge is 2.13. The zero-order valence-electron chi connectivity index (χ0n) is 8.02. The fourth-order valence-corrected chi connectivity index (χ4v) is 0.948. The highest BCUT2D eigenvalue weighted by Crippen LogP contribution is 2.26. The molecule has 0 atom stereocenters. The van der Waals surface area contributed by atoms with Crippen LogP contribution in [0.5, 0.6) is 0 Å². The molecule has 0 aromatic rings. The fourth-order valence-electron chi connectivity index (χ4n) is 0.948. The minimum absolute atomic E-state index is 0.214. The third-order valence-electron chi connectivity index (χ3n) is 1.57. The van der Waals surface area contributed by atoms with Gasteiger partial charge >= 0.3 is 0 Å². The molecule has 0 saturated carbocycles. The van der Waals surface area contributed by atoms with Crippen LogP contribution in [0, 0.1) is 5.41 Å². The van der Waals surface area contributed by atoms with Crippen LogP contribution in [0.25, 0.3) is 0 Å². The van der Waals surface area contributed by atoms with Gasteiger partial charge in [0.1, 0.15) is 0 Å². The van der Waals surface area contributed by atoms with Gasteiger partial charge < -0.3 is 5.73 Å². The predicted molar refractivity (Wildman–Crippen MR) is 51.2 cm³/mol. The van der Waals surface area contributed by atoms with Crippen molar-refractivity contribution in [2.45, 2.75) is 34.1 Å². The van der Waals surface area contributed by atoms with Crippen LogP contribution in [-0.4, -0.2) is 0 Å². The normalized spacial score (nSPS) is 14.4. The molecular formula is C10H19N. The lowest BCUT2D eigenvalue weighted by atomic mass is 9.86. The summed E-state index contributed by atoms with van der Waals surface area (Å²) in [5, 5.41) is 0. The van der Waals surface area contributed by atoms with E-state index in [1.165, 1.54) is 5.57 Å². The second-order valence-electron chi connectivity index (χ2n) is 3.68. The van der Waals surface area contributed by atoms with Crippen molar-refractivity contribution >= 4 is 0 Å². The first-order valence-corrected chi connectivity index (χ1v) is 4.11. The third kappa shape index (κ3) is 3.87. The minimum Gasteiger partial charge on any atom is -0.405 e. The summed E-state index contributed by atoms with van der Waals surface area (Å²) < 4.78 is 0. The Morgan fingerprint density at radius 1 is 1.36 bits per heavy atom. The average molecular weight is 153 g/mol. The highest BCUT2D eigenvalue weighted by molar-refractivity contribution is 5.23. The van der Waals surface area contributed by atoms with Crippen molar-refractivity contribution in [1.29, 1.82) is 0 Å². The lowest BCUT2D eigenvalue weighted by molar-refractivity contribution is 0.515. The fraction of sp³-hybridized carbons (Fsp3) is 0.600. The van der Waals surface area contributed by atoms with Gasteiger partial charge in [0.15, 0.2) is 0 Å². The summed E-state index contributed by atoms with van der Waals surface area (Å²) in [6.45, 7) is 8.70. The SMILES string of the molecule is CC/C=C(\C=C/N)C(C)(C)C. The van der Waals surface area contributed by atoms with Crippen LogP contribution in [0.1, 0.15) is 34.1 Å². The standard InChI is InChI=1S/C10H19N/c1-5-6-9(7-8-11)10(2,3)4/h6-8H,5,11H2,1-4H3/b8-7-,9-6+. The topological polar surface area (TPSA) is 26.0 Å². The molecular weight excluding hydrogens is 134 g/mol. The summed E-state index contributed by atoms with van der Waals surface area (Å²) in [5.41, 5.74) is 6.86. The molecule has 0 heterocycles. The van der Waals surface area contributed by atoms with Crippen LogP contribution in [0.2, 0.25) is 0 Å². The number of rotatable bonds is 2. The summed E-state index contributed by atoms with van der Waals surface area (Å²) in [5.74, 6) is 0. The largest absolute Gasteiger partial charge is 0.405 e. The molecule has 0 aliphatic heterocycles. The van der Waals surface area contributed by atoms with Crippen molar-refractivity contribution in [2.24, 2.45) is 11.1 Å². The molecule has 0 bridgehead atoms. The van der Waals surface area contributed by atoms with Crippen LogP contribution in [0.15, 0.2) is 23.9 Å². The zero-order chi connectivity index (χ0) is 8.91. The van der Waals surface area contributed by atoms with Crippen molar-refractivity contribution in [3.63, 3.8) is 0 Å². The molecule has 0 unspecified atom stereocenters. The Morgan fingerprint density at radius 3 is 2.18 bits per heavy atom. The van der Waals surface area contributed by atoms with E-state index in [4.69, 9.17) is 5.73 Å². The maximum absolute atomic E-state index is 5.33. The molecule has 0 rings (SSSR count). The summed E-state index contributed by atoms with van der Waals surface area (Å²) in [4.78, 5) is 0. The molecule has 0 aliphatic rings. The molecule has 0 aromatic heterocycles. The van der Waals surface area contributed by atoms with E-state index < -0.39 is 0 Å². The Morgan fingerprint density at radius 2 is 1.91 bits per heavy atom. The number of nitrogens with two attached hydrogens (primary N) is 1. The van der Waals surface area contributed by atoms with Crippen LogP contribution < -0.4 is 5.73 Å². The molecule has 1 nitrogen and oxygen atoms in total. The summed E-state index contributed by atoms with van der Waals surface area (Å²) in [6.07, 6.45) is 6.86. The van der Waals surface area contributed by atoms with Crippen LogP contribution >= 0.6 is 0 Å². The maximum Gasteiger partial charge on any atom is -0.00595 e. The Labute approximate surface area is 70.0 Å². The maximum atomic E-state index is 5.33. The van der Waals surface area contributed by atoms with Crippen molar-refractivity contribution < 1.29 is 0 Å². The summed E-state index contributed by atoms with van der Waals surface area (Å²) in [7, 11) is 0. The number of hydrogen-bond donors (Lipinski definition) is 1. The number of hydrogen-bond acceptors (Lipinski definition) is 1. The molecule has 0 aliphatic carbocycles. The van der Waals surface area contributed by atoms with Crippen LogP contribution in [-0.2, 0) is 0 Å². The van der Waals surface area contributed by atoms with Crippen molar-refractivity contribution in [2.75, 3.05) is 0 Å². The second-order valence-corrected chi connectivity index (χ2v) is 3.68. The average Bonchev–Trinajstić information content (AvgIpc) is 1.85. The zero-order valence-corrected chi connectivity index (χ0v) is 8.02. The Hall–Kier alpha value is -0.720. The van der Waals surface area contributed by atoms with Crippen molar-refractivity contribution in [3.05, 3.63) is 23.9 Å². The van der Waals surface area contributed by atoms with E-state index in [1.54, 1.807) is 6.20 Å². The smallest absolute Gasteiger partial charge is 0.00595 e. The molecule has 0 saturated heterocycles. The van der Waals surface area contributed by atoms with Gasteiger partial charge in [-0.25, -0.2) is 0 Å². The van der Waals surface area contributed by atoms with E-state index in [0.29, 0.717) is 0 Å². The van der Waals surface area contributed by atoms with Gasteiger partial charge in [0, 0.05) is 0 Å². The van der Waals surface area contributed by atoms with E-state index in [0.717, 1.165) is 6.42 Å². The molecule has 0 fully saturated rings. The van der Waals surface area contributed by atoms with Gasteiger partial charge in [0.2, 0.25) is 0 Å². The molecule has 1 heteroatoms. The molecule has 0 aromatic carbocycles. The quantitative estimate of drug-likeness (QED) is 0.606. The van der Waals surface area contributed by atoms with E-state index in [9.17, 15) is 0 Å². The lowest BCUT2D eigenvalue weighted by Crippen LogP contribution is -2.07. The van der Waals surface area contributed by atoms with E-state index in [1.807, 2.05) is 6.08 Å². The first kappa shape index (κ1) is 10.3. The Kier molecular flexibility index (Phi) is 3.94. The molecule has 64 valence electrons. The molecule has 2 N–H and O–H groups in total. The molecule has 11 heavy (non-hydrogen) atoms. The van der Waals surface area contributed by atoms with E-state index >= 15 is 0 Å². The van der Waals surface area contributed by atoms with Crippen LogP contribution in [0.3, 0.4) is 0 Å². The third-order valence-corrected chi connectivity index (χ3v) is 1.57. The number of allylic oxidation sites excluding steroid dienone is 3. The van der Waals surface area contributed by atoms with Gasteiger partial charge in [0.25, 0.3) is 0 Å². The second kappa shape index (κ2) is 4.22. The highest BCUT2D eigenvalue weighted by atomic mass is 14.5. The lowest BCUT2D eigenvalue weighted by Gasteiger charge is -2.19. The van der Waals surface area contributed by atoms with Gasteiger partial charge in [-0.1, -0.05) is 33.8 Å². The molecule has 0 amide bonds. The Bertz CT molecular complexity index is 158. The molecule has 0 spiro atoms. The summed E-state index contributed by atoms with van der Waals surface area (Å²) in [6, 6.07) is 0. The first-order valence-electron chi connectivity index (χ1n) is 4.11. The Balaban J connectivity index is 4.48. The van der Waals surface area contributed by atoms with E-state index in [-0.39, 0.29) is 5.41 Å². The van der Waals surface area contributed by atoms with Crippen LogP contribution in [0.4, 0.5) is 0 Å². The van der Waals surface area contributed by atoms with E-state index in [2.05, 4.69) is 33.8 Å². The van der Waals surface area contributed by atoms with Gasteiger partial charge in [-0.05, 0) is 29.7 Å².